The van der Waals surface area contributed by atoms with E-state index in [0.717, 1.165) is 12.5 Å². The highest BCUT2D eigenvalue weighted by atomic mass is 16.5. The third-order valence-corrected chi connectivity index (χ3v) is 3.26. The molecule has 4 heteroatoms. The maximum atomic E-state index is 11.0. The smallest absolute Gasteiger partial charge is 0.407 e. The van der Waals surface area contributed by atoms with Crippen molar-refractivity contribution in [1.29, 1.82) is 0 Å². The molecule has 2 atom stereocenters. The molecule has 1 aliphatic rings. The van der Waals surface area contributed by atoms with Gasteiger partial charge in [-0.2, -0.15) is 0 Å². The number of rotatable bonds is 6. The van der Waals surface area contributed by atoms with Crippen molar-refractivity contribution in [3.63, 3.8) is 0 Å². The second-order valence-electron chi connectivity index (χ2n) is 4.31. The van der Waals surface area contributed by atoms with E-state index < -0.39 is 0 Å². The van der Waals surface area contributed by atoms with Gasteiger partial charge >= 0.3 is 6.09 Å². The van der Waals surface area contributed by atoms with Crippen LogP contribution in [-0.4, -0.2) is 31.8 Å². The second-order valence-corrected chi connectivity index (χ2v) is 4.31. The highest BCUT2D eigenvalue weighted by molar-refractivity contribution is 5.66. The van der Waals surface area contributed by atoms with Gasteiger partial charge in [-0.3, -0.25) is 0 Å². The summed E-state index contributed by atoms with van der Waals surface area (Å²) in [6.45, 7) is 5.97. The Morgan fingerprint density at radius 1 is 1.31 bits per heavy atom. The third-order valence-electron chi connectivity index (χ3n) is 3.26. The summed E-state index contributed by atoms with van der Waals surface area (Å²) in [7, 11) is 0. The van der Waals surface area contributed by atoms with Crippen LogP contribution in [0.5, 0.6) is 0 Å². The van der Waals surface area contributed by atoms with Crippen molar-refractivity contribution in [2.45, 2.75) is 45.6 Å². The maximum Gasteiger partial charge on any atom is 0.407 e. The van der Waals surface area contributed by atoms with E-state index in [1.807, 2.05) is 6.92 Å². The number of hydrogen-bond acceptors (Lipinski definition) is 3. The normalized spacial score (nSPS) is 24.4. The van der Waals surface area contributed by atoms with Crippen LogP contribution in [-0.2, 0) is 4.74 Å². The van der Waals surface area contributed by atoms with E-state index in [1.54, 1.807) is 0 Å². The molecule has 0 aromatic rings. The number of alkyl carbamates (subject to hydrolysis) is 1. The van der Waals surface area contributed by atoms with Gasteiger partial charge in [-0.25, -0.2) is 4.79 Å². The number of amides is 1. The zero-order valence-electron chi connectivity index (χ0n) is 10.4. The molecule has 0 bridgehead atoms. The molecule has 0 heterocycles. The van der Waals surface area contributed by atoms with E-state index >= 15 is 0 Å². The third kappa shape index (κ3) is 4.39. The van der Waals surface area contributed by atoms with E-state index in [0.29, 0.717) is 19.2 Å². The van der Waals surface area contributed by atoms with Gasteiger partial charge in [0.25, 0.3) is 0 Å². The fraction of sp³-hybridized carbons (Fsp3) is 0.917. The summed E-state index contributed by atoms with van der Waals surface area (Å²) in [6.07, 6.45) is 4.89. The number of nitrogens with one attached hydrogen (secondary N) is 2. The highest BCUT2D eigenvalue weighted by Gasteiger charge is 2.24. The first kappa shape index (κ1) is 13.3. The minimum atomic E-state index is -0.317. The molecule has 0 aromatic heterocycles. The van der Waals surface area contributed by atoms with Crippen LogP contribution >= 0.6 is 0 Å². The van der Waals surface area contributed by atoms with Gasteiger partial charge in [0.05, 0.1) is 6.61 Å². The van der Waals surface area contributed by atoms with Crippen LogP contribution in [0.25, 0.3) is 0 Å². The Balaban J connectivity index is 2.04. The molecule has 1 fully saturated rings. The zero-order chi connectivity index (χ0) is 11.8. The van der Waals surface area contributed by atoms with Crippen LogP contribution in [0.15, 0.2) is 0 Å². The van der Waals surface area contributed by atoms with Crippen LogP contribution in [0, 0.1) is 5.92 Å². The largest absolute Gasteiger partial charge is 0.450 e. The Morgan fingerprint density at radius 2 is 2.12 bits per heavy atom. The van der Waals surface area contributed by atoms with Crippen LogP contribution < -0.4 is 10.6 Å². The quantitative estimate of drug-likeness (QED) is 0.683. The van der Waals surface area contributed by atoms with Gasteiger partial charge in [0.2, 0.25) is 0 Å². The lowest BCUT2D eigenvalue weighted by Gasteiger charge is -2.19. The van der Waals surface area contributed by atoms with Gasteiger partial charge in [0, 0.05) is 19.1 Å². The van der Waals surface area contributed by atoms with E-state index in [1.165, 1.54) is 25.7 Å². The summed E-state index contributed by atoms with van der Waals surface area (Å²) in [5.74, 6) is 0.822. The number of carbonyl (C=O) groups excluding carboxylic acids is 1. The molecule has 4 nitrogen and oxygen atoms in total. The molecule has 0 spiro atoms. The first-order valence-corrected chi connectivity index (χ1v) is 6.41. The van der Waals surface area contributed by atoms with Crippen LogP contribution in [0.3, 0.4) is 0 Å². The van der Waals surface area contributed by atoms with E-state index in [2.05, 4.69) is 17.6 Å². The van der Waals surface area contributed by atoms with Crippen molar-refractivity contribution in [3.8, 4) is 0 Å². The van der Waals surface area contributed by atoms with Crippen molar-refractivity contribution < 1.29 is 9.53 Å². The Hall–Kier alpha value is -0.770. The van der Waals surface area contributed by atoms with Crippen molar-refractivity contribution in [2.24, 2.45) is 5.92 Å². The molecule has 1 saturated carbocycles. The summed E-state index contributed by atoms with van der Waals surface area (Å²) in [5.41, 5.74) is 0. The van der Waals surface area contributed by atoms with Gasteiger partial charge in [-0.15, -0.1) is 0 Å². The van der Waals surface area contributed by atoms with Crippen molar-refractivity contribution in [1.82, 2.24) is 10.6 Å². The molecule has 0 saturated heterocycles. The van der Waals surface area contributed by atoms with Crippen molar-refractivity contribution in [3.05, 3.63) is 0 Å². The Bertz CT molecular complexity index is 209. The molecule has 1 aliphatic carbocycles. The van der Waals surface area contributed by atoms with Crippen LogP contribution in [0.2, 0.25) is 0 Å². The highest BCUT2D eigenvalue weighted by Crippen LogP contribution is 2.27. The standard InChI is InChI=1S/C12H24N2O2/c1-3-10-6-5-7-11(10)13-8-9-14-12(15)16-4-2/h10-11,13H,3-9H2,1-2H3,(H,14,15). The molecule has 0 radical (unpaired) electrons. The first-order chi connectivity index (χ1) is 7.77. The molecular formula is C12H24N2O2. The van der Waals surface area contributed by atoms with Gasteiger partial charge in [0.1, 0.15) is 0 Å². The molecular weight excluding hydrogens is 204 g/mol. The first-order valence-electron chi connectivity index (χ1n) is 6.41. The van der Waals surface area contributed by atoms with E-state index in [-0.39, 0.29) is 6.09 Å². The predicted octanol–water partition coefficient (Wildman–Crippen LogP) is 1.90. The molecule has 94 valence electrons. The minimum absolute atomic E-state index is 0.317. The van der Waals surface area contributed by atoms with Crippen LogP contribution in [0.4, 0.5) is 4.79 Å². The van der Waals surface area contributed by atoms with E-state index in [9.17, 15) is 4.79 Å². The Labute approximate surface area is 98.1 Å². The second kappa shape index (κ2) is 7.49. The average Bonchev–Trinajstić information content (AvgIpc) is 2.72. The summed E-state index contributed by atoms with van der Waals surface area (Å²) < 4.78 is 4.78. The van der Waals surface area contributed by atoms with Crippen LogP contribution in [0.1, 0.15) is 39.5 Å². The molecule has 0 aromatic carbocycles. The van der Waals surface area contributed by atoms with Gasteiger partial charge in [0.15, 0.2) is 0 Å². The van der Waals surface area contributed by atoms with Gasteiger partial charge in [-0.05, 0) is 25.7 Å². The van der Waals surface area contributed by atoms with Gasteiger partial charge in [-0.1, -0.05) is 19.8 Å². The summed E-state index contributed by atoms with van der Waals surface area (Å²) in [5, 5.41) is 6.23. The SMILES string of the molecule is CCOC(=O)NCCNC1CCCC1CC. The molecule has 2 unspecified atom stereocenters. The Morgan fingerprint density at radius 3 is 2.81 bits per heavy atom. The average molecular weight is 228 g/mol. The lowest BCUT2D eigenvalue weighted by molar-refractivity contribution is 0.152. The lowest BCUT2D eigenvalue weighted by Crippen LogP contribution is -2.38. The molecule has 16 heavy (non-hydrogen) atoms. The molecule has 2 N–H and O–H groups in total. The topological polar surface area (TPSA) is 50.4 Å². The van der Waals surface area contributed by atoms with E-state index in [4.69, 9.17) is 4.74 Å². The monoisotopic (exact) mass is 228 g/mol. The van der Waals surface area contributed by atoms with Gasteiger partial charge < -0.3 is 15.4 Å². The maximum absolute atomic E-state index is 11.0. The summed E-state index contributed by atoms with van der Waals surface area (Å²) >= 11 is 0. The Kier molecular flexibility index (Phi) is 6.23. The number of carbonyl (C=O) groups is 1. The fourth-order valence-corrected chi connectivity index (χ4v) is 2.40. The molecule has 1 rings (SSSR count). The number of ether oxygens (including phenoxy) is 1. The fourth-order valence-electron chi connectivity index (χ4n) is 2.40. The van der Waals surface area contributed by atoms with Crippen molar-refractivity contribution >= 4 is 6.09 Å². The predicted molar refractivity (Wildman–Crippen MR) is 64.4 cm³/mol. The molecule has 0 aliphatic heterocycles. The molecule has 1 amide bonds. The number of hydrogen-bond donors (Lipinski definition) is 2. The summed E-state index contributed by atoms with van der Waals surface area (Å²) in [6, 6.07) is 0.647. The minimum Gasteiger partial charge on any atom is -0.450 e. The zero-order valence-corrected chi connectivity index (χ0v) is 10.4. The lowest BCUT2D eigenvalue weighted by atomic mass is 10.0. The summed E-state index contributed by atoms with van der Waals surface area (Å²) in [4.78, 5) is 11.0. The van der Waals surface area contributed by atoms with Crippen molar-refractivity contribution in [2.75, 3.05) is 19.7 Å².